The van der Waals surface area contributed by atoms with E-state index in [4.69, 9.17) is 5.73 Å². The van der Waals surface area contributed by atoms with Crippen molar-refractivity contribution in [2.75, 3.05) is 18.0 Å². The van der Waals surface area contributed by atoms with Gasteiger partial charge in [0.15, 0.2) is 0 Å². The van der Waals surface area contributed by atoms with Crippen LogP contribution in [0.3, 0.4) is 0 Å². The molecule has 0 spiro atoms. The summed E-state index contributed by atoms with van der Waals surface area (Å²) in [7, 11) is 0. The molecule has 1 heterocycles. The molecule has 0 unspecified atom stereocenters. The number of nitrogens with zero attached hydrogens (tertiary/aromatic N) is 2. The van der Waals surface area contributed by atoms with Crippen molar-refractivity contribution >= 4 is 11.5 Å². The Morgan fingerprint density at radius 2 is 1.95 bits per heavy atom. The van der Waals surface area contributed by atoms with Gasteiger partial charge >= 0.3 is 5.69 Å². The van der Waals surface area contributed by atoms with Crippen LogP contribution < -0.4 is 21.9 Å². The molecule has 0 aliphatic heterocycles. The molecule has 7 heteroatoms. The van der Waals surface area contributed by atoms with Gasteiger partial charge < -0.3 is 10.6 Å². The van der Waals surface area contributed by atoms with E-state index >= 15 is 0 Å². The number of hydrogen-bond donors (Lipinski definition) is 3. The van der Waals surface area contributed by atoms with Crippen LogP contribution in [-0.2, 0) is 0 Å². The SMILES string of the molecule is Cc1ccc(N(CCCN)c2n[nH]c(=O)[nH]c2=O)cc1. The van der Waals surface area contributed by atoms with Gasteiger partial charge in [0.25, 0.3) is 5.56 Å². The van der Waals surface area contributed by atoms with Crippen LogP contribution in [0.25, 0.3) is 0 Å². The first-order valence-electron chi connectivity index (χ1n) is 6.35. The van der Waals surface area contributed by atoms with Gasteiger partial charge in [0.05, 0.1) is 0 Å². The highest BCUT2D eigenvalue weighted by Gasteiger charge is 2.14. The van der Waals surface area contributed by atoms with E-state index in [0.717, 1.165) is 11.3 Å². The van der Waals surface area contributed by atoms with Crippen molar-refractivity contribution in [2.24, 2.45) is 5.73 Å². The minimum atomic E-state index is -0.624. The molecule has 0 aliphatic rings. The third kappa shape index (κ3) is 3.12. The quantitative estimate of drug-likeness (QED) is 0.725. The highest BCUT2D eigenvalue weighted by atomic mass is 16.2. The molecule has 106 valence electrons. The average molecular weight is 275 g/mol. The summed E-state index contributed by atoms with van der Waals surface area (Å²) in [6.45, 7) is 3.03. The van der Waals surface area contributed by atoms with E-state index in [0.29, 0.717) is 19.5 Å². The molecule has 0 radical (unpaired) electrons. The number of H-pyrrole nitrogens is 2. The molecule has 0 atom stereocenters. The van der Waals surface area contributed by atoms with Gasteiger partial charge in [0, 0.05) is 12.2 Å². The molecule has 0 saturated carbocycles. The van der Waals surface area contributed by atoms with Gasteiger partial charge in [0.2, 0.25) is 5.82 Å². The Kier molecular flexibility index (Phi) is 4.31. The molecule has 0 amide bonds. The van der Waals surface area contributed by atoms with Gasteiger partial charge in [-0.1, -0.05) is 17.7 Å². The number of aromatic nitrogens is 3. The zero-order valence-corrected chi connectivity index (χ0v) is 11.2. The molecule has 1 aromatic heterocycles. The van der Waals surface area contributed by atoms with Crippen molar-refractivity contribution in [2.45, 2.75) is 13.3 Å². The van der Waals surface area contributed by atoms with Gasteiger partial charge in [-0.15, -0.1) is 5.10 Å². The number of rotatable bonds is 5. The number of nitrogens with two attached hydrogens (primary N) is 1. The van der Waals surface area contributed by atoms with Gasteiger partial charge in [-0.3, -0.25) is 9.78 Å². The van der Waals surface area contributed by atoms with Crippen LogP contribution in [0.4, 0.5) is 11.5 Å². The number of benzene rings is 1. The normalized spacial score (nSPS) is 10.5. The summed E-state index contributed by atoms with van der Waals surface area (Å²) in [6, 6.07) is 7.70. The summed E-state index contributed by atoms with van der Waals surface area (Å²) in [5, 5.41) is 6.08. The molecule has 4 N–H and O–H groups in total. The first-order valence-corrected chi connectivity index (χ1v) is 6.35. The Morgan fingerprint density at radius 3 is 2.55 bits per heavy atom. The second-order valence-electron chi connectivity index (χ2n) is 4.46. The Morgan fingerprint density at radius 1 is 1.25 bits per heavy atom. The summed E-state index contributed by atoms with van der Waals surface area (Å²) in [4.78, 5) is 26.8. The average Bonchev–Trinajstić information content (AvgIpc) is 2.42. The molecule has 2 aromatic rings. The molecule has 0 saturated heterocycles. The van der Waals surface area contributed by atoms with E-state index in [1.54, 1.807) is 4.90 Å². The third-order valence-electron chi connectivity index (χ3n) is 2.88. The van der Waals surface area contributed by atoms with Crippen molar-refractivity contribution in [3.8, 4) is 0 Å². The van der Waals surface area contributed by atoms with E-state index in [9.17, 15) is 9.59 Å². The van der Waals surface area contributed by atoms with Crippen LogP contribution in [0.5, 0.6) is 0 Å². The largest absolute Gasteiger partial charge is 0.342 e. The van der Waals surface area contributed by atoms with E-state index in [-0.39, 0.29) is 5.82 Å². The van der Waals surface area contributed by atoms with E-state index in [1.807, 2.05) is 31.2 Å². The lowest BCUT2D eigenvalue weighted by atomic mass is 10.2. The van der Waals surface area contributed by atoms with Gasteiger partial charge in [-0.2, -0.15) is 0 Å². The first kappa shape index (κ1) is 14.0. The second-order valence-corrected chi connectivity index (χ2v) is 4.46. The third-order valence-corrected chi connectivity index (χ3v) is 2.88. The minimum Gasteiger partial charge on any atom is -0.330 e. The number of hydrogen-bond acceptors (Lipinski definition) is 5. The molecule has 20 heavy (non-hydrogen) atoms. The van der Waals surface area contributed by atoms with Crippen LogP contribution >= 0.6 is 0 Å². The first-order chi connectivity index (χ1) is 9.61. The topological polar surface area (TPSA) is 108 Å². The lowest BCUT2D eigenvalue weighted by Crippen LogP contribution is -2.33. The summed E-state index contributed by atoms with van der Waals surface area (Å²) in [6.07, 6.45) is 0.703. The van der Waals surface area contributed by atoms with Crippen LogP contribution in [0.2, 0.25) is 0 Å². The summed E-state index contributed by atoms with van der Waals surface area (Å²) in [5.74, 6) is 0.155. The molecule has 0 aliphatic carbocycles. The highest BCUT2D eigenvalue weighted by Crippen LogP contribution is 2.20. The molecular weight excluding hydrogens is 258 g/mol. The standard InChI is InChI=1S/C13H17N5O2/c1-9-3-5-10(6-4-9)18(8-2-7-14)11-12(19)15-13(20)17-16-11/h3-6H,2,7-8,14H2,1H3,(H2,15,17,19,20). The van der Waals surface area contributed by atoms with Crippen molar-refractivity contribution < 1.29 is 0 Å². The Balaban J connectivity index is 2.43. The maximum atomic E-state index is 11.9. The molecule has 0 fully saturated rings. The van der Waals surface area contributed by atoms with Gasteiger partial charge in [-0.25, -0.2) is 9.89 Å². The highest BCUT2D eigenvalue weighted by molar-refractivity contribution is 5.59. The molecule has 0 bridgehead atoms. The van der Waals surface area contributed by atoms with Gasteiger partial charge in [0.1, 0.15) is 0 Å². The molecule has 2 rings (SSSR count). The maximum Gasteiger partial charge on any atom is 0.342 e. The molecular formula is C13H17N5O2. The van der Waals surface area contributed by atoms with Gasteiger partial charge in [-0.05, 0) is 32.0 Å². The maximum absolute atomic E-state index is 11.9. The summed E-state index contributed by atoms with van der Waals surface area (Å²) in [5.41, 5.74) is 6.33. The van der Waals surface area contributed by atoms with Crippen LogP contribution in [0.15, 0.2) is 33.9 Å². The number of anilines is 2. The molecule has 1 aromatic carbocycles. The van der Waals surface area contributed by atoms with Crippen LogP contribution in [0.1, 0.15) is 12.0 Å². The lowest BCUT2D eigenvalue weighted by Gasteiger charge is -2.22. The fourth-order valence-corrected chi connectivity index (χ4v) is 1.86. The number of nitrogens with one attached hydrogen (secondary N) is 2. The predicted molar refractivity (Wildman–Crippen MR) is 77.3 cm³/mol. The smallest absolute Gasteiger partial charge is 0.330 e. The Labute approximate surface area is 115 Å². The van der Waals surface area contributed by atoms with E-state index in [1.165, 1.54) is 0 Å². The zero-order chi connectivity index (χ0) is 14.5. The fourth-order valence-electron chi connectivity index (χ4n) is 1.86. The fraction of sp³-hybridized carbons (Fsp3) is 0.308. The van der Waals surface area contributed by atoms with Crippen LogP contribution in [0, 0.1) is 6.92 Å². The zero-order valence-electron chi connectivity index (χ0n) is 11.2. The number of aromatic amines is 2. The van der Waals surface area contributed by atoms with E-state index < -0.39 is 11.2 Å². The van der Waals surface area contributed by atoms with Crippen molar-refractivity contribution in [3.63, 3.8) is 0 Å². The van der Waals surface area contributed by atoms with Crippen LogP contribution in [-0.4, -0.2) is 28.3 Å². The second kappa shape index (κ2) is 6.16. The summed E-state index contributed by atoms with van der Waals surface area (Å²) >= 11 is 0. The Bertz CT molecular complexity index is 674. The molecule has 7 nitrogen and oxygen atoms in total. The summed E-state index contributed by atoms with van der Waals surface area (Å²) < 4.78 is 0. The van der Waals surface area contributed by atoms with Crippen molar-refractivity contribution in [3.05, 3.63) is 50.7 Å². The van der Waals surface area contributed by atoms with Crippen molar-refractivity contribution in [1.29, 1.82) is 0 Å². The van der Waals surface area contributed by atoms with Crippen molar-refractivity contribution in [1.82, 2.24) is 15.2 Å². The minimum absolute atomic E-state index is 0.155. The monoisotopic (exact) mass is 275 g/mol. The number of aryl methyl sites for hydroxylation is 1. The Hall–Kier alpha value is -2.41. The van der Waals surface area contributed by atoms with E-state index in [2.05, 4.69) is 15.2 Å². The lowest BCUT2D eigenvalue weighted by molar-refractivity contribution is 0.781. The predicted octanol–water partition coefficient (Wildman–Crippen LogP) is 0.254.